The average Bonchev–Trinajstić information content (AvgIpc) is 2.17. The van der Waals surface area contributed by atoms with Gasteiger partial charge in [-0.2, -0.15) is 13.2 Å². The summed E-state index contributed by atoms with van der Waals surface area (Å²) in [4.78, 5) is 6.58. The lowest BCUT2D eigenvalue weighted by Gasteiger charge is -2.07. The Hall–Kier alpha value is -1.53. The van der Waals surface area contributed by atoms with Gasteiger partial charge in [0.25, 0.3) is 6.43 Å². The van der Waals surface area contributed by atoms with E-state index in [1.807, 2.05) is 0 Å². The summed E-state index contributed by atoms with van der Waals surface area (Å²) < 4.78 is 61.1. The minimum absolute atomic E-state index is 0.259. The molecule has 1 aromatic heterocycles. The maximum atomic E-state index is 12.3. The summed E-state index contributed by atoms with van der Waals surface area (Å²) in [5, 5.41) is 0. The van der Waals surface area contributed by atoms with E-state index < -0.39 is 23.9 Å². The van der Waals surface area contributed by atoms with Crippen LogP contribution in [0.25, 0.3) is 0 Å². The molecular weight excluding hydrogens is 231 g/mol. The van der Waals surface area contributed by atoms with Gasteiger partial charge in [-0.25, -0.2) is 8.78 Å². The van der Waals surface area contributed by atoms with Gasteiger partial charge in [0, 0.05) is 13.2 Å². The molecule has 2 nitrogen and oxygen atoms in total. The van der Waals surface area contributed by atoms with Crippen molar-refractivity contribution in [2.24, 2.45) is 4.99 Å². The van der Waals surface area contributed by atoms with Crippen molar-refractivity contribution in [2.75, 3.05) is 7.05 Å². The Bertz CT molecular complexity index is 380. The van der Waals surface area contributed by atoms with E-state index in [1.54, 1.807) is 0 Å². The first-order valence-corrected chi connectivity index (χ1v) is 4.14. The zero-order valence-corrected chi connectivity index (χ0v) is 8.09. The third-order valence-electron chi connectivity index (χ3n) is 1.80. The molecule has 7 heteroatoms. The Balaban J connectivity index is 3.04. The molecular formula is C9H7F5N2. The smallest absolute Gasteiger partial charge is 0.285 e. The first-order valence-electron chi connectivity index (χ1n) is 4.14. The number of pyridine rings is 1. The molecule has 0 saturated heterocycles. The lowest BCUT2D eigenvalue weighted by Crippen LogP contribution is -2.15. The largest absolute Gasteiger partial charge is 0.417 e. The second-order valence-electron chi connectivity index (χ2n) is 2.84. The normalized spacial score (nSPS) is 13.3. The van der Waals surface area contributed by atoms with Gasteiger partial charge in [-0.15, -0.1) is 0 Å². The van der Waals surface area contributed by atoms with E-state index in [4.69, 9.17) is 0 Å². The molecule has 1 rings (SSSR count). The van der Waals surface area contributed by atoms with Gasteiger partial charge in [-0.05, 0) is 12.1 Å². The van der Waals surface area contributed by atoms with Crippen molar-refractivity contribution in [2.45, 2.75) is 12.6 Å². The van der Waals surface area contributed by atoms with Crippen molar-refractivity contribution < 1.29 is 22.0 Å². The Kier molecular flexibility index (Phi) is 3.56. The van der Waals surface area contributed by atoms with Gasteiger partial charge in [0.05, 0.1) is 11.3 Å². The fourth-order valence-corrected chi connectivity index (χ4v) is 1.04. The van der Waals surface area contributed by atoms with Crippen molar-refractivity contribution in [3.8, 4) is 0 Å². The van der Waals surface area contributed by atoms with Crippen LogP contribution < -0.4 is 0 Å². The Morgan fingerprint density at radius 1 is 1.31 bits per heavy atom. The fraction of sp³-hybridized carbons (Fsp3) is 0.333. The molecule has 1 aromatic rings. The van der Waals surface area contributed by atoms with Crippen LogP contribution in [-0.2, 0) is 6.18 Å². The monoisotopic (exact) mass is 238 g/mol. The van der Waals surface area contributed by atoms with Crippen molar-refractivity contribution in [1.82, 2.24) is 4.98 Å². The number of halogens is 5. The second kappa shape index (κ2) is 4.54. The summed E-state index contributed by atoms with van der Waals surface area (Å²) in [5.41, 5.74) is -1.87. The maximum Gasteiger partial charge on any atom is 0.417 e. The minimum atomic E-state index is -4.53. The molecule has 0 atom stereocenters. The molecule has 0 spiro atoms. The van der Waals surface area contributed by atoms with Crippen LogP contribution in [0, 0.1) is 0 Å². The Morgan fingerprint density at radius 3 is 2.25 bits per heavy atom. The quantitative estimate of drug-likeness (QED) is 0.574. The molecule has 0 amide bonds. The van der Waals surface area contributed by atoms with Crippen LogP contribution in [0.15, 0.2) is 23.3 Å². The lowest BCUT2D eigenvalue weighted by molar-refractivity contribution is -0.137. The molecule has 0 fully saturated rings. The van der Waals surface area contributed by atoms with E-state index in [9.17, 15) is 22.0 Å². The number of hydrogen-bond acceptors (Lipinski definition) is 2. The molecule has 0 aromatic carbocycles. The van der Waals surface area contributed by atoms with Crippen LogP contribution in [0.2, 0.25) is 0 Å². The molecule has 0 aliphatic carbocycles. The van der Waals surface area contributed by atoms with Crippen LogP contribution in [-0.4, -0.2) is 24.2 Å². The zero-order valence-electron chi connectivity index (χ0n) is 8.09. The van der Waals surface area contributed by atoms with E-state index in [0.29, 0.717) is 12.3 Å². The van der Waals surface area contributed by atoms with E-state index in [2.05, 4.69) is 9.98 Å². The van der Waals surface area contributed by atoms with Gasteiger partial charge in [-0.1, -0.05) is 0 Å². The number of nitrogens with zero attached hydrogens (tertiary/aromatic N) is 2. The first-order chi connectivity index (χ1) is 7.36. The van der Waals surface area contributed by atoms with Crippen LogP contribution in [0.5, 0.6) is 0 Å². The predicted octanol–water partition coefficient (Wildman–Crippen LogP) is 2.78. The van der Waals surface area contributed by atoms with Crippen LogP contribution in [0.1, 0.15) is 11.3 Å². The average molecular weight is 238 g/mol. The summed E-state index contributed by atoms with van der Waals surface area (Å²) in [7, 11) is 1.13. The van der Waals surface area contributed by atoms with Gasteiger partial charge in [0.15, 0.2) is 0 Å². The summed E-state index contributed by atoms with van der Waals surface area (Å²) >= 11 is 0. The molecule has 0 aliphatic rings. The molecule has 16 heavy (non-hydrogen) atoms. The highest BCUT2D eigenvalue weighted by Gasteiger charge is 2.31. The van der Waals surface area contributed by atoms with Crippen molar-refractivity contribution >= 4 is 5.71 Å². The highest BCUT2D eigenvalue weighted by Crippen LogP contribution is 2.28. The molecule has 0 radical (unpaired) electrons. The van der Waals surface area contributed by atoms with Gasteiger partial charge in [-0.3, -0.25) is 9.98 Å². The topological polar surface area (TPSA) is 25.2 Å². The van der Waals surface area contributed by atoms with Crippen LogP contribution in [0.3, 0.4) is 0 Å². The van der Waals surface area contributed by atoms with E-state index in [0.717, 1.165) is 13.1 Å². The highest BCUT2D eigenvalue weighted by atomic mass is 19.4. The van der Waals surface area contributed by atoms with Crippen LogP contribution >= 0.6 is 0 Å². The molecule has 0 N–H and O–H groups in total. The summed E-state index contributed by atoms with van der Waals surface area (Å²) in [6.45, 7) is 0. The third-order valence-corrected chi connectivity index (χ3v) is 1.80. The summed E-state index contributed by atoms with van der Waals surface area (Å²) in [5.74, 6) is 0. The van der Waals surface area contributed by atoms with Gasteiger partial charge < -0.3 is 0 Å². The van der Waals surface area contributed by atoms with E-state index >= 15 is 0 Å². The molecule has 88 valence electrons. The van der Waals surface area contributed by atoms with Gasteiger partial charge in [0.1, 0.15) is 5.71 Å². The standard InChI is InChI=1S/C9H7F5N2/c1-15-7(8(10)11)6-3-2-5(4-16-6)9(12,13)14/h2-4,8H,1H3/b15-7-. The Labute approximate surface area is 87.8 Å². The van der Waals surface area contributed by atoms with Crippen LogP contribution in [0.4, 0.5) is 22.0 Å². The predicted molar refractivity (Wildman–Crippen MR) is 47.7 cm³/mol. The number of aromatic nitrogens is 1. The van der Waals surface area contributed by atoms with E-state index in [-0.39, 0.29) is 5.69 Å². The fourth-order valence-electron chi connectivity index (χ4n) is 1.04. The van der Waals surface area contributed by atoms with Crippen molar-refractivity contribution in [3.63, 3.8) is 0 Å². The van der Waals surface area contributed by atoms with E-state index in [1.165, 1.54) is 0 Å². The molecule has 0 saturated carbocycles. The zero-order chi connectivity index (χ0) is 12.3. The number of alkyl halides is 5. The third kappa shape index (κ3) is 2.74. The molecule has 0 unspecified atom stereocenters. The number of rotatable bonds is 2. The second-order valence-corrected chi connectivity index (χ2v) is 2.84. The summed E-state index contributed by atoms with van der Waals surface area (Å²) in [6, 6.07) is 1.56. The SMILES string of the molecule is C/N=C(/c1ccc(C(F)(F)F)cn1)C(F)F. The number of hydrogen-bond donors (Lipinski definition) is 0. The summed E-state index contributed by atoms with van der Waals surface area (Å²) in [6.07, 6.45) is -6.89. The molecule has 0 bridgehead atoms. The Morgan fingerprint density at radius 2 is 1.94 bits per heavy atom. The van der Waals surface area contributed by atoms with Gasteiger partial charge >= 0.3 is 6.18 Å². The maximum absolute atomic E-state index is 12.3. The minimum Gasteiger partial charge on any atom is -0.285 e. The molecule has 1 heterocycles. The lowest BCUT2D eigenvalue weighted by atomic mass is 10.2. The van der Waals surface area contributed by atoms with Crippen molar-refractivity contribution in [3.05, 3.63) is 29.6 Å². The van der Waals surface area contributed by atoms with Crippen molar-refractivity contribution in [1.29, 1.82) is 0 Å². The van der Waals surface area contributed by atoms with Gasteiger partial charge in [0.2, 0.25) is 0 Å². The number of aliphatic imine (C=N–C) groups is 1. The highest BCUT2D eigenvalue weighted by molar-refractivity contribution is 6.01. The first kappa shape index (κ1) is 12.5. The molecule has 0 aliphatic heterocycles.